The normalized spacial score (nSPS) is 13.0. The maximum Gasteiger partial charge on any atom is 0.410 e. The van der Waals surface area contributed by atoms with Crippen LogP contribution in [0.1, 0.15) is 144 Å². The minimum atomic E-state index is -4.22. The number of carbonyl (C=O) groups is 5. The van der Waals surface area contributed by atoms with Gasteiger partial charge in [0.1, 0.15) is 77.3 Å². The first-order valence-corrected chi connectivity index (χ1v) is 49.3. The second-order valence-electron chi connectivity index (χ2n) is 35.1. The highest BCUT2D eigenvalue weighted by atomic mass is 32.2. The van der Waals surface area contributed by atoms with Gasteiger partial charge in [0, 0.05) is 118 Å². The zero-order valence-electron chi connectivity index (χ0n) is 76.3. The number of halogens is 4. The van der Waals surface area contributed by atoms with Gasteiger partial charge in [0.2, 0.25) is 0 Å². The van der Waals surface area contributed by atoms with Gasteiger partial charge in [0.15, 0.2) is 17.3 Å². The average molecular weight is 1980 g/mol. The number of ether oxygens (including phenoxy) is 5. The van der Waals surface area contributed by atoms with Crippen LogP contribution in [0.2, 0.25) is 0 Å². The Balaban J connectivity index is 0.000000205. The van der Waals surface area contributed by atoms with E-state index in [1.54, 1.807) is 147 Å². The molecule has 0 spiro atoms. The zero-order chi connectivity index (χ0) is 97.5. The molecule has 3 fully saturated rings. The molecule has 15 rings (SSSR count). The topological polar surface area (TPSA) is 339 Å². The van der Waals surface area contributed by atoms with Crippen LogP contribution in [0.3, 0.4) is 0 Å². The van der Waals surface area contributed by atoms with Crippen molar-refractivity contribution in [1.29, 1.82) is 0 Å². The highest BCUT2D eigenvalue weighted by Gasteiger charge is 2.34. The summed E-state index contributed by atoms with van der Waals surface area (Å²) in [4.78, 5) is 63.2. The van der Waals surface area contributed by atoms with Gasteiger partial charge >= 0.3 is 12.2 Å². The lowest BCUT2D eigenvalue weighted by Crippen LogP contribution is -2.33. The smallest absolute Gasteiger partial charge is 0.410 e. The number of amides is 2. The van der Waals surface area contributed by atoms with E-state index in [0.717, 1.165) is 60.5 Å². The Bertz CT molecular complexity index is 6600. The molecule has 0 bridgehead atoms. The Kier molecular flexibility index (Phi) is 37.0. The fraction of sp³-hybridized carbons (Fsp3) is 0.330. The summed E-state index contributed by atoms with van der Waals surface area (Å²) in [5, 5.41) is 15.7. The van der Waals surface area contributed by atoms with Crippen molar-refractivity contribution in [3.05, 3.63) is 289 Å². The van der Waals surface area contributed by atoms with Crippen molar-refractivity contribution < 1.29 is 104 Å². The quantitative estimate of drug-likeness (QED) is 0.0311. The minimum absolute atomic E-state index is 0. The summed E-state index contributed by atoms with van der Waals surface area (Å²) >= 11 is 0. The molecule has 12 aromatic rings. The van der Waals surface area contributed by atoms with Crippen LogP contribution in [0.25, 0.3) is 45.0 Å². The molecule has 35 heteroatoms. The van der Waals surface area contributed by atoms with Crippen molar-refractivity contribution in [3.8, 4) is 68.0 Å². The minimum Gasteiger partial charge on any atom is -0.508 e. The molecule has 4 heterocycles. The molecule has 0 aliphatic heterocycles. The number of nitrogens with zero attached hydrogens (tertiary/aromatic N) is 6. The van der Waals surface area contributed by atoms with Crippen LogP contribution < -0.4 is 24.8 Å². The van der Waals surface area contributed by atoms with Crippen molar-refractivity contribution in [2.45, 2.75) is 179 Å². The maximum atomic E-state index is 14.8. The van der Waals surface area contributed by atoms with Gasteiger partial charge in [-0.2, -0.15) is 0 Å². The predicted octanol–water partition coefficient (Wildman–Crippen LogP) is 20.2. The first-order valence-electron chi connectivity index (χ1n) is 43.6. The molecular weight excluding hydrogens is 1860 g/mol. The van der Waals surface area contributed by atoms with Gasteiger partial charge in [-0.1, -0.05) is 95.1 Å². The molecule has 0 radical (unpaired) electrons. The van der Waals surface area contributed by atoms with Crippen molar-refractivity contribution >= 4 is 69.6 Å². The summed E-state index contributed by atoms with van der Waals surface area (Å²) in [5.41, 5.74) is 2.16. The number of ketones is 3. The number of hydrogen-bond donors (Lipinski definition) is 3. The Morgan fingerprint density at radius 2 is 0.609 bits per heavy atom. The van der Waals surface area contributed by atoms with Crippen molar-refractivity contribution in [3.63, 3.8) is 0 Å². The first-order chi connectivity index (χ1) is 64.0. The van der Waals surface area contributed by atoms with E-state index in [1.807, 2.05) is 0 Å². The third-order valence-electron chi connectivity index (χ3n) is 21.3. The zero-order valence-corrected chi connectivity index (χ0v) is 79.5. The molecule has 4 aromatic heterocycles. The second kappa shape index (κ2) is 46.9. The molecule has 3 aliphatic rings. The van der Waals surface area contributed by atoms with E-state index in [-0.39, 0.29) is 149 Å². The number of phenolic OH excluding ortho intramolecular Hbond substituents is 1. The molecule has 0 atom stereocenters. The van der Waals surface area contributed by atoms with Crippen LogP contribution in [-0.2, 0) is 90.1 Å². The Hall–Kier alpha value is -12.9. The van der Waals surface area contributed by atoms with Gasteiger partial charge in [0.05, 0.1) is 55.4 Å². The highest BCUT2D eigenvalue weighted by molar-refractivity contribution is 7.91. The molecule has 2 amide bonds. The third-order valence-corrected chi connectivity index (χ3v) is 28.0. The Morgan fingerprint density at radius 3 is 0.855 bits per heavy atom. The van der Waals surface area contributed by atoms with Crippen LogP contribution in [-0.4, -0.2) is 153 Å². The highest BCUT2D eigenvalue weighted by Crippen LogP contribution is 2.39. The van der Waals surface area contributed by atoms with E-state index >= 15 is 0 Å². The van der Waals surface area contributed by atoms with Crippen molar-refractivity contribution in [2.75, 3.05) is 48.0 Å². The predicted molar refractivity (Wildman–Crippen MR) is 522 cm³/mol. The van der Waals surface area contributed by atoms with Crippen LogP contribution in [0.5, 0.6) is 23.0 Å². The van der Waals surface area contributed by atoms with E-state index in [0.29, 0.717) is 83.9 Å². The molecule has 27 nitrogen and oxygen atoms in total. The van der Waals surface area contributed by atoms with E-state index in [2.05, 4.69) is 10.6 Å². The van der Waals surface area contributed by atoms with E-state index in [4.69, 9.17) is 23.7 Å². The summed E-state index contributed by atoms with van der Waals surface area (Å²) in [6.45, 7) is 11.1. The number of rotatable bonds is 35. The Morgan fingerprint density at radius 1 is 0.362 bits per heavy atom. The lowest BCUT2D eigenvalue weighted by Gasteiger charge is -2.24. The summed E-state index contributed by atoms with van der Waals surface area (Å²) in [6, 6.07) is 53.3. The third kappa shape index (κ3) is 29.1. The van der Waals surface area contributed by atoms with Gasteiger partial charge in [-0.3, -0.25) is 14.4 Å². The van der Waals surface area contributed by atoms with Gasteiger partial charge in [-0.05, 0) is 255 Å². The van der Waals surface area contributed by atoms with Gasteiger partial charge in [-0.15, -0.1) is 0 Å². The second-order valence-corrected chi connectivity index (χ2v) is 42.4. The maximum absolute atomic E-state index is 14.8. The first kappa shape index (κ1) is 109. The largest absolute Gasteiger partial charge is 0.508 e. The molecule has 738 valence electrons. The molecule has 0 unspecified atom stereocenters. The van der Waals surface area contributed by atoms with Crippen LogP contribution in [0.15, 0.2) is 263 Å². The SMILES string of the molecule is C.C.C.CN(Cc1cc(-c2ccccc2F)n(S(=O)(=O)c2cccc(O)c2)c1)C(=O)OC(C)(C)C.CN(Cc1cc(-c2ccccc2F)n(S(=O)(=O)c2cccc(OCC(=O)CC3CC3)c2)c1)C(=O)OC(C)(C)C.CNCc1cc(-c2ccccc2F)n(S(=O)(=O)c2cccc(OCC(=O)CC3CC3)c2)c1.CNCc1cc(-c2ccccc2F)n(S(=O)(=O)c2cccc(OCC(=O)CC3CC3)c2)c1. The number of hydrogen-bond acceptors (Lipinski definition) is 21. The lowest BCUT2D eigenvalue weighted by molar-refractivity contribution is -0.122. The standard InChI is InChI=1S/C29H33FN2O6S.2C24H25FN2O4S.C23H25FN2O5S.3CH4/c1-29(2,3)38-28(34)31(4)17-21-15-27(25-10-5-6-11-26(25)30)32(18-21)39(35,36)24-9-7-8-23(16-24)37-19-22(33)14-20-12-13-20;2*1-26-14-18-12-24(22-7-2-3-8-23(22)25)27(15-18)32(29,30)21-6-4-5-20(13-21)31-16-19(28)11-17-9-10-17;1-23(2,3)31-22(28)25(4)14-16-12-21(19-10-5-6-11-20(19)24)26(15-16)32(29,30)18-9-7-8-17(27)13-18;;;/h5-11,15-16,18,20H,12-14,17,19H2,1-4H3;2*2-8,12-13,15,17,26H,9-11,14,16H2,1H3;5-13,15,27H,14H2,1-4H3;3*1H4. The van der Waals surface area contributed by atoms with Crippen molar-refractivity contribution in [1.82, 2.24) is 36.3 Å². The van der Waals surface area contributed by atoms with E-state index in [1.165, 1.54) is 170 Å². The number of aromatic nitrogens is 4. The van der Waals surface area contributed by atoms with Gasteiger partial charge in [0.25, 0.3) is 40.1 Å². The van der Waals surface area contributed by atoms with E-state index in [9.17, 15) is 80.3 Å². The number of benzene rings is 8. The monoisotopic (exact) mass is 1980 g/mol. The number of aromatic hydroxyl groups is 1. The molecule has 138 heavy (non-hydrogen) atoms. The fourth-order valence-corrected chi connectivity index (χ4v) is 20.0. The number of carbonyl (C=O) groups excluding carboxylic acids is 5. The van der Waals surface area contributed by atoms with Crippen LogP contribution >= 0.6 is 0 Å². The lowest BCUT2D eigenvalue weighted by atomic mass is 10.1. The van der Waals surface area contributed by atoms with Crippen LogP contribution in [0.4, 0.5) is 27.2 Å². The molecule has 3 aliphatic carbocycles. The summed E-state index contributed by atoms with van der Waals surface area (Å²) < 4.78 is 198. The number of phenols is 1. The number of Topliss-reactive ketones (excluding diaryl/α,β-unsaturated/α-hetero) is 3. The summed E-state index contributed by atoms with van der Waals surface area (Å²) in [5.74, 6) is -0.238. The van der Waals surface area contributed by atoms with E-state index < -0.39 is 86.8 Å². The van der Waals surface area contributed by atoms with Crippen LogP contribution in [0, 0.1) is 41.0 Å². The summed E-state index contributed by atoms with van der Waals surface area (Å²) in [6.07, 6.45) is 12.4. The van der Waals surface area contributed by atoms with Gasteiger partial charge < -0.3 is 49.2 Å². The van der Waals surface area contributed by atoms with Gasteiger partial charge in [-0.25, -0.2) is 76.7 Å². The fourth-order valence-electron chi connectivity index (χ4n) is 14.2. The summed E-state index contributed by atoms with van der Waals surface area (Å²) in [7, 11) is -9.91. The molecular formula is C103H120F4N8O19S4. The number of nitrogens with one attached hydrogen (secondary N) is 2. The van der Waals surface area contributed by atoms with Crippen molar-refractivity contribution in [2.24, 2.45) is 17.8 Å². The Labute approximate surface area is 805 Å². The molecule has 0 saturated heterocycles. The molecule has 3 N–H and O–H groups in total. The molecule has 3 saturated carbocycles. The average Bonchev–Trinajstić information content (AvgIpc) is 1.67. The molecule has 8 aromatic carbocycles.